The van der Waals surface area contributed by atoms with Gasteiger partial charge in [-0.1, -0.05) is 39.0 Å². The Hall–Kier alpha value is -2.10. The molecule has 0 aliphatic carbocycles. The summed E-state index contributed by atoms with van der Waals surface area (Å²) in [5.74, 6) is 2.17. The Balaban J connectivity index is 2.58. The third-order valence-corrected chi connectivity index (χ3v) is 3.62. The molecule has 4 heteroatoms. The van der Waals surface area contributed by atoms with E-state index in [0.717, 1.165) is 22.9 Å². The molecular formula is C17H24N4. The van der Waals surface area contributed by atoms with Crippen LogP contribution >= 0.6 is 0 Å². The normalized spacial score (nSPS) is 11.5. The molecule has 0 saturated carbocycles. The number of para-hydroxylation sites is 1. The lowest BCUT2D eigenvalue weighted by Gasteiger charge is -2.25. The largest absolute Gasteiger partial charge is 0.383 e. The number of nitrogen functional groups attached to an aromatic ring is 1. The Morgan fingerprint density at radius 3 is 2.24 bits per heavy atom. The van der Waals surface area contributed by atoms with Gasteiger partial charge in [-0.25, -0.2) is 9.97 Å². The molecule has 0 fully saturated rings. The van der Waals surface area contributed by atoms with E-state index in [2.05, 4.69) is 49.7 Å². The number of aryl methyl sites for hydroxylation is 1. The minimum absolute atomic E-state index is 0.136. The smallest absolute Gasteiger partial charge is 0.141 e. The van der Waals surface area contributed by atoms with E-state index in [9.17, 15) is 0 Å². The summed E-state index contributed by atoms with van der Waals surface area (Å²) in [6.45, 7) is 10.3. The third kappa shape index (κ3) is 2.99. The van der Waals surface area contributed by atoms with Crippen LogP contribution in [0.1, 0.15) is 37.7 Å². The van der Waals surface area contributed by atoms with Crippen molar-refractivity contribution in [2.24, 2.45) is 0 Å². The molecule has 1 heterocycles. The molecule has 0 atom stereocenters. The molecule has 0 unspecified atom stereocenters. The van der Waals surface area contributed by atoms with Crippen molar-refractivity contribution in [3.8, 4) is 0 Å². The average molecular weight is 284 g/mol. The van der Waals surface area contributed by atoms with Gasteiger partial charge >= 0.3 is 0 Å². The van der Waals surface area contributed by atoms with E-state index in [-0.39, 0.29) is 5.41 Å². The lowest BCUT2D eigenvalue weighted by atomic mass is 9.95. The summed E-state index contributed by atoms with van der Waals surface area (Å²) in [7, 11) is 2.02. The van der Waals surface area contributed by atoms with E-state index in [1.165, 1.54) is 5.56 Å². The van der Waals surface area contributed by atoms with E-state index in [1.54, 1.807) is 0 Å². The van der Waals surface area contributed by atoms with Crippen LogP contribution in [0.2, 0.25) is 0 Å². The summed E-state index contributed by atoms with van der Waals surface area (Å²) >= 11 is 0. The third-order valence-electron chi connectivity index (χ3n) is 3.62. The monoisotopic (exact) mass is 284 g/mol. The first-order valence-corrected chi connectivity index (χ1v) is 7.15. The van der Waals surface area contributed by atoms with Gasteiger partial charge in [0.15, 0.2) is 0 Å². The van der Waals surface area contributed by atoms with E-state index in [1.807, 2.05) is 26.1 Å². The van der Waals surface area contributed by atoms with Gasteiger partial charge in [-0.05, 0) is 25.5 Å². The fraction of sp³-hybridized carbons (Fsp3) is 0.412. The fourth-order valence-corrected chi connectivity index (χ4v) is 2.24. The lowest BCUT2D eigenvalue weighted by Crippen LogP contribution is -2.22. The predicted molar refractivity (Wildman–Crippen MR) is 89.1 cm³/mol. The molecule has 0 spiro atoms. The van der Waals surface area contributed by atoms with Crippen LogP contribution in [-0.2, 0) is 5.41 Å². The second-order valence-corrected chi connectivity index (χ2v) is 6.48. The van der Waals surface area contributed by atoms with Crippen LogP contribution < -0.4 is 10.6 Å². The SMILES string of the molecule is Cc1ccccc1N(C)c1nc(C(C)(C)C)nc(N)c1C. The Morgan fingerprint density at radius 1 is 1.05 bits per heavy atom. The van der Waals surface area contributed by atoms with E-state index in [4.69, 9.17) is 10.7 Å². The van der Waals surface area contributed by atoms with Gasteiger partial charge < -0.3 is 10.6 Å². The number of hydrogen-bond donors (Lipinski definition) is 1. The highest BCUT2D eigenvalue weighted by Crippen LogP contribution is 2.31. The van der Waals surface area contributed by atoms with Crippen LogP contribution in [0.25, 0.3) is 0 Å². The van der Waals surface area contributed by atoms with Crippen molar-refractivity contribution in [1.82, 2.24) is 9.97 Å². The Kier molecular flexibility index (Phi) is 3.90. The minimum Gasteiger partial charge on any atom is -0.383 e. The van der Waals surface area contributed by atoms with Crippen molar-refractivity contribution in [3.05, 3.63) is 41.2 Å². The maximum Gasteiger partial charge on any atom is 0.141 e. The Bertz CT molecular complexity index is 656. The molecule has 1 aromatic heterocycles. The van der Waals surface area contributed by atoms with Crippen molar-refractivity contribution in [2.45, 2.75) is 40.0 Å². The first-order valence-electron chi connectivity index (χ1n) is 7.15. The van der Waals surface area contributed by atoms with Gasteiger partial charge in [0.25, 0.3) is 0 Å². The number of rotatable bonds is 2. The summed E-state index contributed by atoms with van der Waals surface area (Å²) < 4.78 is 0. The second kappa shape index (κ2) is 5.35. The maximum absolute atomic E-state index is 6.09. The highest BCUT2D eigenvalue weighted by Gasteiger charge is 2.22. The molecule has 21 heavy (non-hydrogen) atoms. The van der Waals surface area contributed by atoms with Gasteiger partial charge in [0.2, 0.25) is 0 Å². The van der Waals surface area contributed by atoms with Crippen molar-refractivity contribution in [3.63, 3.8) is 0 Å². The lowest BCUT2D eigenvalue weighted by molar-refractivity contribution is 0.546. The molecule has 0 aliphatic heterocycles. The van der Waals surface area contributed by atoms with Crippen molar-refractivity contribution >= 4 is 17.3 Å². The van der Waals surface area contributed by atoms with Crippen LogP contribution in [0.15, 0.2) is 24.3 Å². The molecule has 4 nitrogen and oxygen atoms in total. The highest BCUT2D eigenvalue weighted by atomic mass is 15.2. The first-order chi connectivity index (χ1) is 9.71. The molecule has 0 amide bonds. The summed E-state index contributed by atoms with van der Waals surface area (Å²) in [6, 6.07) is 8.25. The Morgan fingerprint density at radius 2 is 1.67 bits per heavy atom. The molecule has 112 valence electrons. The average Bonchev–Trinajstić information content (AvgIpc) is 2.40. The highest BCUT2D eigenvalue weighted by molar-refractivity contribution is 5.68. The van der Waals surface area contributed by atoms with Gasteiger partial charge in [0.1, 0.15) is 17.5 Å². The summed E-state index contributed by atoms with van der Waals surface area (Å²) in [6.07, 6.45) is 0. The van der Waals surface area contributed by atoms with E-state index >= 15 is 0 Å². The summed E-state index contributed by atoms with van der Waals surface area (Å²) in [5.41, 5.74) is 9.20. The molecule has 2 N–H and O–H groups in total. The molecular weight excluding hydrogens is 260 g/mol. The number of anilines is 3. The van der Waals surface area contributed by atoms with Gasteiger partial charge in [-0.2, -0.15) is 0 Å². The van der Waals surface area contributed by atoms with Crippen molar-refractivity contribution in [1.29, 1.82) is 0 Å². The number of benzene rings is 1. The molecule has 2 rings (SSSR count). The second-order valence-electron chi connectivity index (χ2n) is 6.48. The molecule has 1 aromatic carbocycles. The van der Waals surface area contributed by atoms with Crippen LogP contribution in [0.4, 0.5) is 17.3 Å². The van der Waals surface area contributed by atoms with Crippen molar-refractivity contribution < 1.29 is 0 Å². The number of nitrogens with zero attached hydrogens (tertiary/aromatic N) is 3. The predicted octanol–water partition coefficient (Wildman–Crippen LogP) is 3.74. The Labute approximate surface area is 127 Å². The summed E-state index contributed by atoms with van der Waals surface area (Å²) in [4.78, 5) is 11.3. The number of hydrogen-bond acceptors (Lipinski definition) is 4. The van der Waals surface area contributed by atoms with Crippen LogP contribution in [0.3, 0.4) is 0 Å². The molecule has 0 aliphatic rings. The van der Waals surface area contributed by atoms with Gasteiger partial charge in [-0.15, -0.1) is 0 Å². The van der Waals surface area contributed by atoms with Gasteiger partial charge in [-0.3, -0.25) is 0 Å². The van der Waals surface area contributed by atoms with Crippen LogP contribution in [0, 0.1) is 13.8 Å². The van der Waals surface area contributed by atoms with Crippen molar-refractivity contribution in [2.75, 3.05) is 17.7 Å². The first kappa shape index (κ1) is 15.3. The molecule has 2 aromatic rings. The molecule has 0 radical (unpaired) electrons. The number of aromatic nitrogens is 2. The zero-order valence-electron chi connectivity index (χ0n) is 13.7. The van der Waals surface area contributed by atoms with Crippen LogP contribution in [-0.4, -0.2) is 17.0 Å². The topological polar surface area (TPSA) is 55.0 Å². The minimum atomic E-state index is -0.136. The van der Waals surface area contributed by atoms with E-state index in [0.29, 0.717) is 5.82 Å². The van der Waals surface area contributed by atoms with Gasteiger partial charge in [0.05, 0.1) is 0 Å². The fourth-order valence-electron chi connectivity index (χ4n) is 2.24. The maximum atomic E-state index is 6.09. The zero-order chi connectivity index (χ0) is 15.8. The standard InChI is InChI=1S/C17H24N4/c1-11-9-7-8-10-13(11)21(6)15-12(2)14(18)19-16(20-15)17(3,4)5/h7-10H,1-6H3,(H2,18,19,20). The zero-order valence-corrected chi connectivity index (χ0v) is 13.7. The van der Waals surface area contributed by atoms with E-state index < -0.39 is 0 Å². The molecule has 0 saturated heterocycles. The summed E-state index contributed by atoms with van der Waals surface area (Å²) in [5, 5.41) is 0. The van der Waals surface area contributed by atoms with Gasteiger partial charge in [0, 0.05) is 23.7 Å². The van der Waals surface area contributed by atoms with Crippen LogP contribution in [0.5, 0.6) is 0 Å². The number of nitrogens with two attached hydrogens (primary N) is 1. The molecule has 0 bridgehead atoms. The quantitative estimate of drug-likeness (QED) is 0.912.